The second-order valence-electron chi connectivity index (χ2n) is 4.55. The second kappa shape index (κ2) is 6.37. The molecule has 0 bridgehead atoms. The van der Waals surface area contributed by atoms with Crippen molar-refractivity contribution in [3.63, 3.8) is 0 Å². The van der Waals surface area contributed by atoms with Gasteiger partial charge in [-0.15, -0.1) is 0 Å². The fourth-order valence-corrected chi connectivity index (χ4v) is 1.37. The first kappa shape index (κ1) is 13.7. The van der Waals surface area contributed by atoms with Crippen molar-refractivity contribution in [1.82, 2.24) is 15.8 Å². The van der Waals surface area contributed by atoms with Crippen LogP contribution in [0.2, 0.25) is 0 Å². The van der Waals surface area contributed by atoms with Gasteiger partial charge in [0, 0.05) is 32.2 Å². The van der Waals surface area contributed by atoms with E-state index in [2.05, 4.69) is 10.7 Å². The first-order valence-corrected chi connectivity index (χ1v) is 5.79. The van der Waals surface area contributed by atoms with E-state index in [4.69, 9.17) is 0 Å². The van der Waals surface area contributed by atoms with Gasteiger partial charge < -0.3 is 5.32 Å². The van der Waals surface area contributed by atoms with Crippen LogP contribution >= 0.6 is 0 Å². The van der Waals surface area contributed by atoms with E-state index in [1.165, 1.54) is 0 Å². The number of carbonyl (C=O) groups is 1. The fraction of sp³-hybridized carbons (Fsp3) is 0.462. The van der Waals surface area contributed by atoms with E-state index < -0.39 is 0 Å². The van der Waals surface area contributed by atoms with Crippen LogP contribution in [0, 0.1) is 0 Å². The normalized spacial score (nSPS) is 10.9. The van der Waals surface area contributed by atoms with Gasteiger partial charge in [-0.1, -0.05) is 12.1 Å². The molecule has 0 aliphatic heterocycles. The predicted molar refractivity (Wildman–Crippen MR) is 69.6 cm³/mol. The highest BCUT2D eigenvalue weighted by Crippen LogP contribution is 2.04. The van der Waals surface area contributed by atoms with Crippen molar-refractivity contribution < 1.29 is 4.79 Å². The van der Waals surface area contributed by atoms with Crippen LogP contribution in [0.15, 0.2) is 24.3 Å². The molecule has 0 aromatic heterocycles. The van der Waals surface area contributed by atoms with E-state index in [1.54, 1.807) is 0 Å². The number of hydrogen-bond donors (Lipinski definition) is 2. The molecule has 1 amide bonds. The van der Waals surface area contributed by atoms with Crippen LogP contribution in [0.25, 0.3) is 0 Å². The monoisotopic (exact) mass is 235 g/mol. The Labute approximate surface area is 103 Å². The molecule has 1 rings (SSSR count). The summed E-state index contributed by atoms with van der Waals surface area (Å²) in [7, 11) is 3.90. The standard InChI is InChI=1S/C13H21N3O/c1-10(2)15-13(17)12-7-5-11(6-8-12)9-14-16(3)4/h5-8,10,14H,9H2,1-4H3,(H,15,17). The minimum absolute atomic E-state index is 0.0212. The Hall–Kier alpha value is -1.39. The van der Waals surface area contributed by atoms with Crippen molar-refractivity contribution in [2.24, 2.45) is 0 Å². The summed E-state index contributed by atoms with van der Waals surface area (Å²) < 4.78 is 0. The van der Waals surface area contributed by atoms with E-state index in [-0.39, 0.29) is 11.9 Å². The minimum atomic E-state index is -0.0212. The zero-order valence-corrected chi connectivity index (χ0v) is 10.9. The molecule has 1 aromatic rings. The molecule has 2 N–H and O–H groups in total. The maximum atomic E-state index is 11.7. The summed E-state index contributed by atoms with van der Waals surface area (Å²) in [5.41, 5.74) is 5.03. The lowest BCUT2D eigenvalue weighted by atomic mass is 10.1. The van der Waals surface area contributed by atoms with E-state index in [1.807, 2.05) is 57.2 Å². The molecule has 0 saturated heterocycles. The van der Waals surface area contributed by atoms with Gasteiger partial charge in [0.05, 0.1) is 0 Å². The summed E-state index contributed by atoms with van der Waals surface area (Å²) in [5.74, 6) is -0.0212. The lowest BCUT2D eigenvalue weighted by Crippen LogP contribution is -2.30. The quantitative estimate of drug-likeness (QED) is 0.758. The number of rotatable bonds is 5. The maximum absolute atomic E-state index is 11.7. The molecular formula is C13H21N3O. The van der Waals surface area contributed by atoms with E-state index in [9.17, 15) is 4.79 Å². The molecule has 17 heavy (non-hydrogen) atoms. The summed E-state index contributed by atoms with van der Waals surface area (Å²) in [4.78, 5) is 11.7. The average Bonchev–Trinajstić information content (AvgIpc) is 2.26. The third-order valence-corrected chi connectivity index (χ3v) is 2.24. The van der Waals surface area contributed by atoms with Crippen LogP contribution in [0.1, 0.15) is 29.8 Å². The van der Waals surface area contributed by atoms with Crippen molar-refractivity contribution in [2.75, 3.05) is 14.1 Å². The van der Waals surface area contributed by atoms with E-state index >= 15 is 0 Å². The molecule has 0 fully saturated rings. The maximum Gasteiger partial charge on any atom is 0.251 e. The number of benzene rings is 1. The summed E-state index contributed by atoms with van der Waals surface area (Å²) in [5, 5.41) is 4.77. The Morgan fingerprint density at radius 2 is 1.82 bits per heavy atom. The summed E-state index contributed by atoms with van der Waals surface area (Å²) in [6.45, 7) is 4.67. The van der Waals surface area contributed by atoms with Crippen LogP contribution < -0.4 is 10.7 Å². The number of amides is 1. The van der Waals surface area contributed by atoms with Gasteiger partial charge in [-0.25, -0.2) is 0 Å². The van der Waals surface area contributed by atoms with Crippen LogP contribution in [0.4, 0.5) is 0 Å². The Morgan fingerprint density at radius 1 is 1.24 bits per heavy atom. The van der Waals surface area contributed by atoms with Crippen molar-refractivity contribution in [3.8, 4) is 0 Å². The molecule has 0 aliphatic carbocycles. The summed E-state index contributed by atoms with van der Waals surface area (Å²) in [6.07, 6.45) is 0. The van der Waals surface area contributed by atoms with Crippen molar-refractivity contribution in [3.05, 3.63) is 35.4 Å². The van der Waals surface area contributed by atoms with Gasteiger partial charge in [0.15, 0.2) is 0 Å². The third-order valence-electron chi connectivity index (χ3n) is 2.24. The van der Waals surface area contributed by atoms with Crippen molar-refractivity contribution >= 4 is 5.91 Å². The first-order valence-electron chi connectivity index (χ1n) is 5.79. The molecule has 4 nitrogen and oxygen atoms in total. The fourth-order valence-electron chi connectivity index (χ4n) is 1.37. The van der Waals surface area contributed by atoms with Gasteiger partial charge in [-0.3, -0.25) is 15.2 Å². The third kappa shape index (κ3) is 4.97. The number of carbonyl (C=O) groups excluding carboxylic acids is 1. The first-order chi connectivity index (χ1) is 7.99. The predicted octanol–water partition coefficient (Wildman–Crippen LogP) is 1.39. The van der Waals surface area contributed by atoms with E-state index in [0.717, 1.165) is 12.1 Å². The smallest absolute Gasteiger partial charge is 0.251 e. The number of nitrogens with zero attached hydrogens (tertiary/aromatic N) is 1. The highest BCUT2D eigenvalue weighted by atomic mass is 16.1. The Bertz CT molecular complexity index is 357. The number of hydrazine groups is 1. The van der Waals surface area contributed by atoms with Crippen LogP contribution in [0.5, 0.6) is 0 Å². The molecule has 1 aromatic carbocycles. The molecule has 0 heterocycles. The lowest BCUT2D eigenvalue weighted by molar-refractivity contribution is 0.0943. The number of hydrogen-bond acceptors (Lipinski definition) is 3. The Morgan fingerprint density at radius 3 is 2.29 bits per heavy atom. The molecule has 0 spiro atoms. The summed E-state index contributed by atoms with van der Waals surface area (Å²) in [6, 6.07) is 7.80. The minimum Gasteiger partial charge on any atom is -0.350 e. The van der Waals surface area contributed by atoms with Gasteiger partial charge >= 0.3 is 0 Å². The second-order valence-corrected chi connectivity index (χ2v) is 4.55. The highest BCUT2D eigenvalue weighted by molar-refractivity contribution is 5.94. The molecule has 0 atom stereocenters. The van der Waals surface area contributed by atoms with Gasteiger partial charge in [0.2, 0.25) is 0 Å². The van der Waals surface area contributed by atoms with Crippen LogP contribution in [-0.4, -0.2) is 31.1 Å². The van der Waals surface area contributed by atoms with Gasteiger partial charge in [-0.05, 0) is 31.5 Å². The average molecular weight is 235 g/mol. The van der Waals surface area contributed by atoms with Crippen molar-refractivity contribution in [1.29, 1.82) is 0 Å². The SMILES string of the molecule is CC(C)NC(=O)c1ccc(CNN(C)C)cc1. The van der Waals surface area contributed by atoms with Gasteiger partial charge in [0.25, 0.3) is 5.91 Å². The van der Waals surface area contributed by atoms with Crippen LogP contribution in [0.3, 0.4) is 0 Å². The largest absolute Gasteiger partial charge is 0.350 e. The Balaban J connectivity index is 2.58. The highest BCUT2D eigenvalue weighted by Gasteiger charge is 2.06. The zero-order valence-electron chi connectivity index (χ0n) is 10.9. The van der Waals surface area contributed by atoms with Gasteiger partial charge in [-0.2, -0.15) is 0 Å². The van der Waals surface area contributed by atoms with Crippen molar-refractivity contribution in [2.45, 2.75) is 26.4 Å². The molecule has 0 radical (unpaired) electrons. The number of nitrogens with one attached hydrogen (secondary N) is 2. The lowest BCUT2D eigenvalue weighted by Gasteiger charge is -2.12. The Kier molecular flexibility index (Phi) is 5.12. The molecule has 0 saturated carbocycles. The topological polar surface area (TPSA) is 44.4 Å². The molecule has 0 unspecified atom stereocenters. The summed E-state index contributed by atoms with van der Waals surface area (Å²) >= 11 is 0. The van der Waals surface area contributed by atoms with E-state index in [0.29, 0.717) is 5.56 Å². The van der Waals surface area contributed by atoms with Crippen LogP contribution in [-0.2, 0) is 6.54 Å². The zero-order chi connectivity index (χ0) is 12.8. The molecular weight excluding hydrogens is 214 g/mol. The molecule has 94 valence electrons. The van der Waals surface area contributed by atoms with Gasteiger partial charge in [0.1, 0.15) is 0 Å². The molecule has 4 heteroatoms. The molecule has 0 aliphatic rings.